The van der Waals surface area contributed by atoms with Crippen LogP contribution >= 0.6 is 0 Å². The van der Waals surface area contributed by atoms with Crippen molar-refractivity contribution in [3.63, 3.8) is 0 Å². The predicted molar refractivity (Wildman–Crippen MR) is 74.6 cm³/mol. The van der Waals surface area contributed by atoms with Gasteiger partial charge in [0.05, 0.1) is 6.20 Å². The summed E-state index contributed by atoms with van der Waals surface area (Å²) < 4.78 is 1.54. The summed E-state index contributed by atoms with van der Waals surface area (Å²) in [5.41, 5.74) is 1.16. The molecule has 1 saturated heterocycles. The molecular formula is C13H17N5O2. The fraction of sp³-hybridized carbons (Fsp3) is 0.462. The maximum absolute atomic E-state index is 11.3. The molecule has 1 aliphatic heterocycles. The van der Waals surface area contributed by atoms with Crippen molar-refractivity contribution in [2.45, 2.75) is 19.5 Å². The van der Waals surface area contributed by atoms with Crippen LogP contribution in [0, 0.1) is 10.1 Å². The lowest BCUT2D eigenvalue weighted by molar-refractivity contribution is -0.391. The third-order valence-corrected chi connectivity index (χ3v) is 3.78. The van der Waals surface area contributed by atoms with Crippen molar-refractivity contribution >= 4 is 11.5 Å². The number of rotatable bonds is 5. The van der Waals surface area contributed by atoms with Gasteiger partial charge in [0.1, 0.15) is 0 Å². The van der Waals surface area contributed by atoms with Gasteiger partial charge in [0.2, 0.25) is 5.65 Å². The van der Waals surface area contributed by atoms with Crippen LogP contribution in [0.4, 0.5) is 5.82 Å². The second kappa shape index (κ2) is 5.18. The fourth-order valence-electron chi connectivity index (χ4n) is 2.55. The highest BCUT2D eigenvalue weighted by molar-refractivity contribution is 5.48. The summed E-state index contributed by atoms with van der Waals surface area (Å²) in [4.78, 5) is 17.6. The van der Waals surface area contributed by atoms with Crippen molar-refractivity contribution in [3.8, 4) is 0 Å². The number of pyridine rings is 1. The Morgan fingerprint density at radius 3 is 2.95 bits per heavy atom. The molecule has 3 rings (SSSR count). The summed E-state index contributed by atoms with van der Waals surface area (Å²) in [7, 11) is 0. The summed E-state index contributed by atoms with van der Waals surface area (Å²) >= 11 is 0. The highest BCUT2D eigenvalue weighted by Crippen LogP contribution is 2.23. The zero-order chi connectivity index (χ0) is 14.1. The number of aromatic nitrogens is 2. The first-order valence-electron chi connectivity index (χ1n) is 6.75. The Morgan fingerprint density at radius 2 is 2.35 bits per heavy atom. The Kier molecular flexibility index (Phi) is 3.37. The number of imidazole rings is 1. The van der Waals surface area contributed by atoms with Gasteiger partial charge in [-0.1, -0.05) is 13.0 Å². The Morgan fingerprint density at radius 1 is 1.55 bits per heavy atom. The average molecular weight is 275 g/mol. The molecule has 2 aromatic heterocycles. The molecule has 1 N–H and O–H groups in total. The van der Waals surface area contributed by atoms with Gasteiger partial charge in [0.25, 0.3) is 0 Å². The molecule has 1 aliphatic rings. The van der Waals surface area contributed by atoms with Crippen LogP contribution in [0.3, 0.4) is 0 Å². The number of nitrogens with one attached hydrogen (secondary N) is 1. The third-order valence-electron chi connectivity index (χ3n) is 3.78. The largest absolute Gasteiger partial charge is 0.358 e. The van der Waals surface area contributed by atoms with Crippen LogP contribution in [0.1, 0.15) is 12.6 Å². The number of nitrogens with zero attached hydrogens (tertiary/aromatic N) is 4. The number of fused-ring (bicyclic) bond motifs is 1. The van der Waals surface area contributed by atoms with Crippen LogP contribution in [0.2, 0.25) is 0 Å². The molecular weight excluding hydrogens is 258 g/mol. The van der Waals surface area contributed by atoms with Crippen LogP contribution in [-0.2, 0) is 6.54 Å². The molecule has 20 heavy (non-hydrogen) atoms. The van der Waals surface area contributed by atoms with Crippen molar-refractivity contribution in [2.75, 3.05) is 19.6 Å². The second-order valence-electron chi connectivity index (χ2n) is 4.94. The summed E-state index contributed by atoms with van der Waals surface area (Å²) in [6.45, 7) is 5.32. The Balaban J connectivity index is 1.97. The number of hydrogen-bond acceptors (Lipinski definition) is 5. The molecule has 1 fully saturated rings. The Hall–Kier alpha value is -1.99. The van der Waals surface area contributed by atoms with Crippen LogP contribution in [0.25, 0.3) is 5.65 Å². The van der Waals surface area contributed by atoms with Crippen molar-refractivity contribution in [1.29, 1.82) is 0 Å². The van der Waals surface area contributed by atoms with E-state index < -0.39 is 0 Å². The first-order chi connectivity index (χ1) is 9.70. The number of nitro groups is 1. The summed E-state index contributed by atoms with van der Waals surface area (Å²) in [6.07, 6.45) is 1.69. The maximum atomic E-state index is 11.3. The first-order valence-corrected chi connectivity index (χ1v) is 6.75. The minimum Gasteiger partial charge on any atom is -0.358 e. The van der Waals surface area contributed by atoms with Crippen LogP contribution in [0.5, 0.6) is 0 Å². The van der Waals surface area contributed by atoms with Crippen molar-refractivity contribution in [3.05, 3.63) is 40.2 Å². The van der Waals surface area contributed by atoms with Gasteiger partial charge >= 0.3 is 5.82 Å². The highest BCUT2D eigenvalue weighted by atomic mass is 16.6. The highest BCUT2D eigenvalue weighted by Gasteiger charge is 2.28. The van der Waals surface area contributed by atoms with E-state index >= 15 is 0 Å². The first kappa shape index (κ1) is 13.0. The smallest absolute Gasteiger partial charge is 0.352 e. The molecule has 3 heterocycles. The van der Waals surface area contributed by atoms with E-state index in [1.807, 2.05) is 6.07 Å². The molecule has 0 aliphatic carbocycles. The fourth-order valence-corrected chi connectivity index (χ4v) is 2.55. The molecule has 7 nitrogen and oxygen atoms in total. The van der Waals surface area contributed by atoms with Crippen molar-refractivity contribution in [1.82, 2.24) is 19.6 Å². The maximum Gasteiger partial charge on any atom is 0.352 e. The van der Waals surface area contributed by atoms with Gasteiger partial charge in [-0.25, -0.2) is 4.98 Å². The van der Waals surface area contributed by atoms with Crippen LogP contribution < -0.4 is 5.32 Å². The molecule has 0 atom stereocenters. The van der Waals surface area contributed by atoms with Gasteiger partial charge in [0.15, 0.2) is 5.69 Å². The monoisotopic (exact) mass is 275 g/mol. The Bertz CT molecular complexity index is 635. The molecule has 0 radical (unpaired) electrons. The normalized spacial score (nSPS) is 15.7. The van der Waals surface area contributed by atoms with Gasteiger partial charge in [-0.3, -0.25) is 4.90 Å². The summed E-state index contributed by atoms with van der Waals surface area (Å²) in [6, 6.07) is 5.85. The van der Waals surface area contributed by atoms with E-state index in [2.05, 4.69) is 22.1 Å². The molecule has 0 aromatic carbocycles. The van der Waals surface area contributed by atoms with Gasteiger partial charge < -0.3 is 15.4 Å². The minimum atomic E-state index is -0.345. The summed E-state index contributed by atoms with van der Waals surface area (Å²) in [5, 5.41) is 14.6. The molecule has 0 bridgehead atoms. The van der Waals surface area contributed by atoms with E-state index in [1.54, 1.807) is 22.7 Å². The lowest BCUT2D eigenvalue weighted by Crippen LogP contribution is -2.56. The zero-order valence-electron chi connectivity index (χ0n) is 11.3. The van der Waals surface area contributed by atoms with Gasteiger partial charge in [-0.15, -0.1) is 0 Å². The molecule has 0 amide bonds. The second-order valence-corrected chi connectivity index (χ2v) is 4.94. The molecule has 106 valence electrons. The van der Waals surface area contributed by atoms with Gasteiger partial charge in [-0.05, 0) is 17.5 Å². The molecule has 2 aromatic rings. The number of hydrogen-bond donors (Lipinski definition) is 1. The molecule has 0 saturated carbocycles. The number of likely N-dealkylation sites (N-methyl/N-ethyl adjacent to an activating group) is 1. The van der Waals surface area contributed by atoms with E-state index in [1.165, 1.54) is 0 Å². The van der Waals surface area contributed by atoms with Gasteiger partial charge in [-0.2, -0.15) is 4.40 Å². The standard InChI is InChI=1S/C13H17N5O2/c1-2-16(10-7-14-8-10)9-11-13(18(19)20)17-6-4-3-5-12(17)15-11/h3-6,10,14H,2,7-9H2,1H3. The SMILES string of the molecule is CCN(Cc1nc2ccccn2c1[N+](=O)[O-])C1CNC1. The molecule has 0 spiro atoms. The zero-order valence-corrected chi connectivity index (χ0v) is 11.3. The van der Waals surface area contributed by atoms with Crippen LogP contribution in [-0.4, -0.2) is 44.9 Å². The van der Waals surface area contributed by atoms with Crippen LogP contribution in [0.15, 0.2) is 24.4 Å². The lowest BCUT2D eigenvalue weighted by Gasteiger charge is -2.37. The minimum absolute atomic E-state index is 0.0753. The third kappa shape index (κ3) is 2.14. The topological polar surface area (TPSA) is 75.7 Å². The van der Waals surface area contributed by atoms with E-state index in [-0.39, 0.29) is 10.7 Å². The quantitative estimate of drug-likeness (QED) is 0.651. The molecule has 7 heteroatoms. The van der Waals surface area contributed by atoms with Crippen molar-refractivity contribution in [2.24, 2.45) is 0 Å². The summed E-state index contributed by atoms with van der Waals surface area (Å²) in [5.74, 6) is 0.0753. The van der Waals surface area contributed by atoms with Crippen molar-refractivity contribution < 1.29 is 4.92 Å². The lowest BCUT2D eigenvalue weighted by atomic mass is 10.1. The molecule has 0 unspecified atom stereocenters. The van der Waals surface area contributed by atoms with Gasteiger partial charge in [0, 0.05) is 31.7 Å². The predicted octanol–water partition coefficient (Wildman–Crippen LogP) is 1.04. The Labute approximate surface area is 116 Å². The van der Waals surface area contributed by atoms with E-state index in [0.29, 0.717) is 23.9 Å². The van der Waals surface area contributed by atoms with E-state index in [4.69, 9.17) is 0 Å². The van der Waals surface area contributed by atoms with E-state index in [0.717, 1.165) is 19.6 Å². The van der Waals surface area contributed by atoms with E-state index in [9.17, 15) is 10.1 Å². The average Bonchev–Trinajstić information content (AvgIpc) is 2.73.